The van der Waals surface area contributed by atoms with Crippen LogP contribution in [0.2, 0.25) is 10.0 Å². The monoisotopic (exact) mass is 446 g/mol. The highest BCUT2D eigenvalue weighted by Crippen LogP contribution is 2.31. The lowest BCUT2D eigenvalue weighted by atomic mass is 10.2. The zero-order valence-corrected chi connectivity index (χ0v) is 15.7. The minimum Gasteiger partial charge on any atom is -0.335 e. The quantitative estimate of drug-likeness (QED) is 0.480. The fraction of sp³-hybridized carbons (Fsp3) is 0.0714. The molecule has 0 saturated carbocycles. The predicted octanol–water partition coefficient (Wildman–Crippen LogP) is 3.57. The molecule has 4 rings (SSSR count). The summed E-state index contributed by atoms with van der Waals surface area (Å²) in [6.45, 7) is 0. The van der Waals surface area contributed by atoms with Crippen LogP contribution in [-0.2, 0) is 6.18 Å². The smallest absolute Gasteiger partial charge is 0.335 e. The van der Waals surface area contributed by atoms with Gasteiger partial charge >= 0.3 is 6.18 Å². The third-order valence-corrected chi connectivity index (χ3v) is 4.80. The number of rotatable bonds is 3. The van der Waals surface area contributed by atoms with Gasteiger partial charge in [-0.3, -0.25) is 0 Å². The van der Waals surface area contributed by atoms with Gasteiger partial charge in [0, 0.05) is 15.6 Å². The number of hydrogen-bond acceptors (Lipinski definition) is 7. The molecular formula is C14H7Cl2F3N8S. The second-order valence-electron chi connectivity index (χ2n) is 5.40. The summed E-state index contributed by atoms with van der Waals surface area (Å²) in [5.74, 6) is 4.49. The Bertz CT molecular complexity index is 1170. The number of hydrogen-bond donors (Lipinski definition) is 1. The van der Waals surface area contributed by atoms with Crippen LogP contribution in [0.15, 0.2) is 40.5 Å². The van der Waals surface area contributed by atoms with Crippen molar-refractivity contribution < 1.29 is 13.2 Å². The molecule has 8 nitrogen and oxygen atoms in total. The van der Waals surface area contributed by atoms with E-state index in [0.29, 0.717) is 36.8 Å². The maximum absolute atomic E-state index is 12.8. The van der Waals surface area contributed by atoms with Crippen LogP contribution < -0.4 is 5.84 Å². The highest BCUT2D eigenvalue weighted by molar-refractivity contribution is 7.99. The average molecular weight is 447 g/mol. The number of alkyl halides is 3. The van der Waals surface area contributed by atoms with Crippen LogP contribution in [0.25, 0.3) is 17.0 Å². The number of nitrogen functional groups attached to an aromatic ring is 1. The van der Waals surface area contributed by atoms with Crippen molar-refractivity contribution in [1.29, 1.82) is 0 Å². The minimum absolute atomic E-state index is 0.181. The van der Waals surface area contributed by atoms with Crippen molar-refractivity contribution >= 4 is 40.6 Å². The van der Waals surface area contributed by atoms with Gasteiger partial charge in [-0.25, -0.2) is 4.68 Å². The summed E-state index contributed by atoms with van der Waals surface area (Å²) in [6.07, 6.45) is -4.72. The molecule has 0 radical (unpaired) electrons. The van der Waals surface area contributed by atoms with E-state index in [0.717, 1.165) is 11.8 Å². The third-order valence-electron chi connectivity index (χ3n) is 3.47. The van der Waals surface area contributed by atoms with E-state index in [1.54, 1.807) is 30.3 Å². The molecule has 4 aromatic rings. The molecule has 0 bridgehead atoms. The molecular weight excluding hydrogens is 440 g/mol. The maximum Gasteiger partial charge on any atom is 0.453 e. The molecule has 0 spiro atoms. The summed E-state index contributed by atoms with van der Waals surface area (Å²) in [6, 6.07) is 7.98. The van der Waals surface area contributed by atoms with Crippen molar-refractivity contribution in [2.45, 2.75) is 16.4 Å². The highest BCUT2D eigenvalue weighted by Gasteiger charge is 2.38. The van der Waals surface area contributed by atoms with Gasteiger partial charge in [0.15, 0.2) is 11.5 Å². The molecule has 0 atom stereocenters. The van der Waals surface area contributed by atoms with E-state index in [1.165, 1.54) is 4.52 Å². The molecule has 0 aliphatic rings. The summed E-state index contributed by atoms with van der Waals surface area (Å²) in [5.41, 5.74) is 0.988. The van der Waals surface area contributed by atoms with Crippen molar-refractivity contribution in [3.8, 4) is 11.4 Å². The number of fused-ring (bicyclic) bond motifs is 1. The molecule has 3 heterocycles. The third kappa shape index (κ3) is 3.45. The lowest BCUT2D eigenvalue weighted by molar-refractivity contribution is -0.146. The average Bonchev–Trinajstić information content (AvgIpc) is 3.17. The summed E-state index contributed by atoms with van der Waals surface area (Å²) in [7, 11) is 0. The van der Waals surface area contributed by atoms with Gasteiger partial charge in [-0.05, 0) is 42.1 Å². The Kier molecular flexibility index (Phi) is 4.56. The topological polar surface area (TPSA) is 99.8 Å². The minimum atomic E-state index is -4.72. The second kappa shape index (κ2) is 6.79. The van der Waals surface area contributed by atoms with Crippen LogP contribution in [0.1, 0.15) is 5.82 Å². The van der Waals surface area contributed by atoms with E-state index >= 15 is 0 Å². The Morgan fingerprint density at radius 2 is 1.68 bits per heavy atom. The van der Waals surface area contributed by atoms with Crippen LogP contribution in [0.5, 0.6) is 0 Å². The second-order valence-corrected chi connectivity index (χ2v) is 7.26. The normalized spacial score (nSPS) is 12.0. The number of benzene rings is 1. The van der Waals surface area contributed by atoms with E-state index in [9.17, 15) is 13.2 Å². The molecule has 2 N–H and O–H groups in total. The van der Waals surface area contributed by atoms with Gasteiger partial charge in [0.25, 0.3) is 5.82 Å². The fourth-order valence-corrected chi connectivity index (χ4v) is 3.56. The molecule has 28 heavy (non-hydrogen) atoms. The molecule has 0 fully saturated rings. The SMILES string of the molecule is Nn1c(Sc2ccc3nnc(-c4cc(Cl)cc(Cl)c4)n3n2)nnc1C(F)(F)F. The van der Waals surface area contributed by atoms with Crippen LogP contribution in [0.4, 0.5) is 13.2 Å². The van der Waals surface area contributed by atoms with Gasteiger partial charge in [-0.1, -0.05) is 23.2 Å². The first-order valence-corrected chi connectivity index (χ1v) is 8.94. The molecule has 3 aromatic heterocycles. The first-order valence-electron chi connectivity index (χ1n) is 7.37. The van der Waals surface area contributed by atoms with E-state index < -0.39 is 12.0 Å². The van der Waals surface area contributed by atoms with E-state index in [4.69, 9.17) is 29.0 Å². The summed E-state index contributed by atoms with van der Waals surface area (Å²) < 4.78 is 40.2. The number of nitrogens with two attached hydrogens (primary N) is 1. The lowest BCUT2D eigenvalue weighted by Crippen LogP contribution is -2.21. The summed E-state index contributed by atoms with van der Waals surface area (Å²) in [5, 5.41) is 19.9. The number of halogens is 5. The molecule has 0 amide bonds. The zero-order chi connectivity index (χ0) is 20.1. The Balaban J connectivity index is 1.73. The van der Waals surface area contributed by atoms with Crippen molar-refractivity contribution in [3.05, 3.63) is 46.2 Å². The zero-order valence-electron chi connectivity index (χ0n) is 13.4. The summed E-state index contributed by atoms with van der Waals surface area (Å²) >= 11 is 12.9. The van der Waals surface area contributed by atoms with Crippen LogP contribution in [-0.4, -0.2) is 34.7 Å². The first-order chi connectivity index (χ1) is 13.2. The maximum atomic E-state index is 12.8. The lowest BCUT2D eigenvalue weighted by Gasteiger charge is -2.06. The van der Waals surface area contributed by atoms with Crippen LogP contribution >= 0.6 is 35.0 Å². The number of aromatic nitrogens is 7. The van der Waals surface area contributed by atoms with E-state index in [1.807, 2.05) is 0 Å². The van der Waals surface area contributed by atoms with Gasteiger partial charge in [0.2, 0.25) is 5.16 Å². The Morgan fingerprint density at radius 3 is 2.32 bits per heavy atom. The molecule has 0 aliphatic heterocycles. The Hall–Kier alpha value is -2.57. The van der Waals surface area contributed by atoms with Gasteiger partial charge in [-0.2, -0.15) is 22.8 Å². The van der Waals surface area contributed by atoms with Gasteiger partial charge in [0.1, 0.15) is 5.03 Å². The van der Waals surface area contributed by atoms with E-state index in [-0.39, 0.29) is 5.16 Å². The van der Waals surface area contributed by atoms with Gasteiger partial charge < -0.3 is 5.84 Å². The van der Waals surface area contributed by atoms with Crippen LogP contribution in [0.3, 0.4) is 0 Å². The largest absolute Gasteiger partial charge is 0.453 e. The molecule has 0 saturated heterocycles. The van der Waals surface area contributed by atoms with Crippen molar-refractivity contribution in [2.24, 2.45) is 0 Å². The predicted molar refractivity (Wildman–Crippen MR) is 95.5 cm³/mol. The van der Waals surface area contributed by atoms with Crippen molar-refractivity contribution in [2.75, 3.05) is 5.84 Å². The fourth-order valence-electron chi connectivity index (χ4n) is 2.32. The van der Waals surface area contributed by atoms with Gasteiger partial charge in [0.05, 0.1) is 0 Å². The van der Waals surface area contributed by atoms with E-state index in [2.05, 4.69) is 25.5 Å². The highest BCUT2D eigenvalue weighted by atomic mass is 35.5. The van der Waals surface area contributed by atoms with Crippen LogP contribution in [0, 0.1) is 0 Å². The van der Waals surface area contributed by atoms with Crippen molar-refractivity contribution in [3.63, 3.8) is 0 Å². The Morgan fingerprint density at radius 1 is 0.964 bits per heavy atom. The standard InChI is InChI=1S/C14H7Cl2F3N8S/c15-7-3-6(4-8(16)5-7)11-22-21-9-1-2-10(25-27(9)11)28-13-24-23-12(26(13)20)14(17,18)19/h1-5H,20H2. The first kappa shape index (κ1) is 18.8. The molecule has 0 aliphatic carbocycles. The summed E-state index contributed by atoms with van der Waals surface area (Å²) in [4.78, 5) is 0. The molecule has 144 valence electrons. The molecule has 1 aromatic carbocycles. The van der Waals surface area contributed by atoms with Crippen molar-refractivity contribution in [1.82, 2.24) is 34.7 Å². The Labute approximate surface area is 168 Å². The molecule has 0 unspecified atom stereocenters. The number of nitrogens with zero attached hydrogens (tertiary/aromatic N) is 7. The van der Waals surface area contributed by atoms with Gasteiger partial charge in [-0.15, -0.1) is 20.4 Å². The molecule has 14 heteroatoms.